The Labute approximate surface area is 71.5 Å². The summed E-state index contributed by atoms with van der Waals surface area (Å²) in [4.78, 5) is 0. The molecule has 2 heterocycles. The molecular formula is C8H13S2. The van der Waals surface area contributed by atoms with E-state index in [1.165, 1.54) is 37.2 Å². The smallest absolute Gasteiger partial charge is 0.0436 e. The van der Waals surface area contributed by atoms with E-state index in [2.05, 4.69) is 23.5 Å². The molecule has 2 fully saturated rings. The first-order valence-electron chi connectivity index (χ1n) is 4.07. The third-order valence-electron chi connectivity index (χ3n) is 2.14. The minimum atomic E-state index is 0.951. The summed E-state index contributed by atoms with van der Waals surface area (Å²) < 4.78 is 0. The van der Waals surface area contributed by atoms with Gasteiger partial charge in [-0.3, -0.25) is 0 Å². The van der Waals surface area contributed by atoms with E-state index in [1.807, 2.05) is 5.25 Å². The Kier molecular flexibility index (Phi) is 2.50. The van der Waals surface area contributed by atoms with Crippen molar-refractivity contribution in [2.24, 2.45) is 0 Å². The summed E-state index contributed by atoms with van der Waals surface area (Å²) in [6.45, 7) is 0. The normalized spacial score (nSPS) is 35.4. The molecule has 0 N–H and O–H groups in total. The standard InChI is InChI=1S/C8H13S2/c1-3-7(9-5-1)8-4-2-6-10-8/h7H,1-6H2. The molecule has 2 saturated heterocycles. The molecule has 0 aromatic carbocycles. The molecule has 0 saturated carbocycles. The maximum absolute atomic E-state index is 2.18. The fraction of sp³-hybridized carbons (Fsp3) is 0.875. The van der Waals surface area contributed by atoms with Gasteiger partial charge in [-0.1, -0.05) is 0 Å². The molecule has 2 rings (SSSR count). The molecule has 2 aliphatic rings. The van der Waals surface area contributed by atoms with Gasteiger partial charge in [0, 0.05) is 10.5 Å². The molecule has 10 heavy (non-hydrogen) atoms. The van der Waals surface area contributed by atoms with E-state index in [1.54, 1.807) is 0 Å². The van der Waals surface area contributed by atoms with Crippen LogP contribution < -0.4 is 0 Å². The number of rotatable bonds is 1. The zero-order valence-corrected chi connectivity index (χ0v) is 7.77. The summed E-state index contributed by atoms with van der Waals surface area (Å²) in [5.41, 5.74) is 0. The maximum atomic E-state index is 2.18. The first kappa shape index (κ1) is 7.35. The van der Waals surface area contributed by atoms with Crippen molar-refractivity contribution in [2.75, 3.05) is 11.5 Å². The monoisotopic (exact) mass is 173 g/mol. The summed E-state index contributed by atoms with van der Waals surface area (Å²) in [7, 11) is 0. The molecule has 0 aromatic rings. The van der Waals surface area contributed by atoms with Gasteiger partial charge in [0.1, 0.15) is 0 Å². The summed E-state index contributed by atoms with van der Waals surface area (Å²) in [6.07, 6.45) is 5.78. The van der Waals surface area contributed by atoms with Gasteiger partial charge in [0.2, 0.25) is 0 Å². The Morgan fingerprint density at radius 3 is 2.80 bits per heavy atom. The van der Waals surface area contributed by atoms with Crippen molar-refractivity contribution in [1.29, 1.82) is 0 Å². The van der Waals surface area contributed by atoms with Crippen molar-refractivity contribution < 1.29 is 0 Å². The van der Waals surface area contributed by atoms with Crippen molar-refractivity contribution in [3.8, 4) is 0 Å². The molecule has 0 nitrogen and oxygen atoms in total. The van der Waals surface area contributed by atoms with Crippen LogP contribution in [0.15, 0.2) is 0 Å². The summed E-state index contributed by atoms with van der Waals surface area (Å²) in [5.74, 6) is 2.81. The summed E-state index contributed by atoms with van der Waals surface area (Å²) in [6, 6.07) is 0. The largest absolute Gasteiger partial charge is 0.157 e. The zero-order valence-electron chi connectivity index (χ0n) is 6.14. The minimum Gasteiger partial charge on any atom is -0.157 e. The maximum Gasteiger partial charge on any atom is 0.0436 e. The fourth-order valence-electron chi connectivity index (χ4n) is 1.61. The second-order valence-corrected chi connectivity index (χ2v) is 5.45. The van der Waals surface area contributed by atoms with Crippen LogP contribution in [-0.4, -0.2) is 16.8 Å². The third-order valence-corrected chi connectivity index (χ3v) is 5.09. The van der Waals surface area contributed by atoms with Gasteiger partial charge in [-0.25, -0.2) is 0 Å². The molecular weight excluding hydrogens is 160 g/mol. The Morgan fingerprint density at radius 2 is 2.20 bits per heavy atom. The average molecular weight is 173 g/mol. The van der Waals surface area contributed by atoms with Crippen molar-refractivity contribution in [3.05, 3.63) is 5.25 Å². The Morgan fingerprint density at radius 1 is 1.20 bits per heavy atom. The predicted molar refractivity (Wildman–Crippen MR) is 50.4 cm³/mol. The van der Waals surface area contributed by atoms with Crippen LogP contribution in [0.1, 0.15) is 25.7 Å². The second kappa shape index (κ2) is 3.40. The molecule has 0 amide bonds. The number of hydrogen-bond donors (Lipinski definition) is 0. The van der Waals surface area contributed by atoms with Crippen LogP contribution >= 0.6 is 23.5 Å². The van der Waals surface area contributed by atoms with Crippen molar-refractivity contribution in [1.82, 2.24) is 0 Å². The number of thioether (sulfide) groups is 2. The molecule has 57 valence electrons. The lowest BCUT2D eigenvalue weighted by Crippen LogP contribution is -2.04. The summed E-state index contributed by atoms with van der Waals surface area (Å²) >= 11 is 4.32. The fourth-order valence-corrected chi connectivity index (χ4v) is 4.41. The minimum absolute atomic E-state index is 0.951. The van der Waals surface area contributed by atoms with Gasteiger partial charge < -0.3 is 0 Å². The van der Waals surface area contributed by atoms with Gasteiger partial charge >= 0.3 is 0 Å². The van der Waals surface area contributed by atoms with E-state index in [9.17, 15) is 0 Å². The van der Waals surface area contributed by atoms with Crippen LogP contribution in [0.2, 0.25) is 0 Å². The molecule has 2 aliphatic heterocycles. The van der Waals surface area contributed by atoms with E-state index in [4.69, 9.17) is 0 Å². The molecule has 0 aliphatic carbocycles. The van der Waals surface area contributed by atoms with E-state index in [-0.39, 0.29) is 0 Å². The molecule has 1 unspecified atom stereocenters. The lowest BCUT2D eigenvalue weighted by Gasteiger charge is -2.13. The van der Waals surface area contributed by atoms with E-state index < -0.39 is 0 Å². The molecule has 0 bridgehead atoms. The van der Waals surface area contributed by atoms with Gasteiger partial charge in [-0.15, -0.1) is 0 Å². The molecule has 1 atom stereocenters. The van der Waals surface area contributed by atoms with Gasteiger partial charge in [0.05, 0.1) is 0 Å². The third kappa shape index (κ3) is 1.48. The quantitative estimate of drug-likeness (QED) is 0.598. The van der Waals surface area contributed by atoms with Crippen LogP contribution in [-0.2, 0) is 0 Å². The van der Waals surface area contributed by atoms with Crippen LogP contribution in [0.25, 0.3) is 0 Å². The van der Waals surface area contributed by atoms with Crippen LogP contribution in [0.3, 0.4) is 0 Å². The Hall–Kier alpha value is 0.700. The molecule has 0 aromatic heterocycles. The lowest BCUT2D eigenvalue weighted by atomic mass is 10.1. The molecule has 0 spiro atoms. The van der Waals surface area contributed by atoms with Crippen molar-refractivity contribution in [2.45, 2.75) is 30.9 Å². The van der Waals surface area contributed by atoms with Gasteiger partial charge in [0.15, 0.2) is 0 Å². The predicted octanol–water partition coefficient (Wildman–Crippen LogP) is 2.94. The van der Waals surface area contributed by atoms with Crippen LogP contribution in [0.4, 0.5) is 0 Å². The van der Waals surface area contributed by atoms with E-state index >= 15 is 0 Å². The van der Waals surface area contributed by atoms with Gasteiger partial charge in [0.25, 0.3) is 0 Å². The Bertz CT molecular complexity index is 87.8. The first-order chi connectivity index (χ1) is 4.97. The summed E-state index contributed by atoms with van der Waals surface area (Å²) in [5, 5.41) is 2.76. The second-order valence-electron chi connectivity index (χ2n) is 2.92. The van der Waals surface area contributed by atoms with Crippen LogP contribution in [0.5, 0.6) is 0 Å². The van der Waals surface area contributed by atoms with E-state index in [0.717, 1.165) is 5.25 Å². The average Bonchev–Trinajstić information content (AvgIpc) is 2.59. The number of hydrogen-bond acceptors (Lipinski definition) is 2. The highest BCUT2D eigenvalue weighted by atomic mass is 32.2. The topological polar surface area (TPSA) is 0 Å². The highest BCUT2D eigenvalue weighted by Gasteiger charge is 2.28. The SMILES string of the molecule is C1CS[C](C2CCCS2)C1. The lowest BCUT2D eigenvalue weighted by molar-refractivity contribution is 0.786. The van der Waals surface area contributed by atoms with Crippen LogP contribution in [0, 0.1) is 5.25 Å². The highest BCUT2D eigenvalue weighted by Crippen LogP contribution is 2.45. The first-order valence-corrected chi connectivity index (χ1v) is 6.10. The molecule has 2 heteroatoms. The van der Waals surface area contributed by atoms with Gasteiger partial charge in [-0.2, -0.15) is 23.5 Å². The van der Waals surface area contributed by atoms with Gasteiger partial charge in [-0.05, 0) is 37.2 Å². The highest BCUT2D eigenvalue weighted by molar-refractivity contribution is 8.05. The molecule has 1 radical (unpaired) electrons. The van der Waals surface area contributed by atoms with E-state index in [0.29, 0.717) is 0 Å². The van der Waals surface area contributed by atoms with Crippen molar-refractivity contribution in [3.63, 3.8) is 0 Å². The zero-order chi connectivity index (χ0) is 6.81. The Balaban J connectivity index is 1.85. The van der Waals surface area contributed by atoms with Crippen molar-refractivity contribution >= 4 is 23.5 Å².